The van der Waals surface area contributed by atoms with Gasteiger partial charge < -0.3 is 0 Å². The van der Waals surface area contributed by atoms with Gasteiger partial charge in [-0.15, -0.1) is 0 Å². The molecule has 1 aliphatic rings. The minimum Gasteiger partial charge on any atom is -0.267 e. The normalized spacial score (nSPS) is 14.1. The first-order chi connectivity index (χ1) is 11.9. The van der Waals surface area contributed by atoms with E-state index in [1.54, 1.807) is 49.5 Å². The number of hydrogen-bond acceptors (Lipinski definition) is 4. The lowest BCUT2D eigenvalue weighted by Gasteiger charge is -2.27. The lowest BCUT2D eigenvalue weighted by atomic mass is 10.1. The average Bonchev–Trinajstić information content (AvgIpc) is 2.87. The van der Waals surface area contributed by atoms with E-state index in [1.807, 2.05) is 6.26 Å². The molecule has 0 N–H and O–H groups in total. The number of carbonyl (C=O) groups excluding carboxylic acids is 2. The van der Waals surface area contributed by atoms with Crippen LogP contribution in [-0.4, -0.2) is 40.3 Å². The molecule has 1 heterocycles. The minimum atomic E-state index is -0.376. The molecule has 128 valence electrons. The molecule has 2 aromatic rings. The molecule has 0 atom stereocenters. The molecule has 0 radical (unpaired) electrons. The number of nitrogens with zero attached hydrogens (tertiary/aromatic N) is 3. The van der Waals surface area contributed by atoms with Crippen molar-refractivity contribution in [1.29, 1.82) is 0 Å². The number of hydrazine groups is 1. The third-order valence-electron chi connectivity index (χ3n) is 3.66. The van der Waals surface area contributed by atoms with Crippen molar-refractivity contribution >= 4 is 57.6 Å². The number of benzene rings is 2. The number of thioether (sulfide) groups is 1. The van der Waals surface area contributed by atoms with Gasteiger partial charge in [-0.1, -0.05) is 47.1 Å². The number of amidine groups is 1. The predicted molar refractivity (Wildman–Crippen MR) is 102 cm³/mol. The number of hydrogen-bond donors (Lipinski definition) is 0. The summed E-state index contributed by atoms with van der Waals surface area (Å²) < 4.78 is 0. The lowest BCUT2D eigenvalue weighted by molar-refractivity contribution is 0.0369. The second-order valence-electron chi connectivity index (χ2n) is 5.19. The highest BCUT2D eigenvalue weighted by atomic mass is 35.5. The first-order valence-corrected chi connectivity index (χ1v) is 9.21. The second kappa shape index (κ2) is 7.07. The third-order valence-corrected chi connectivity index (χ3v) is 5.12. The van der Waals surface area contributed by atoms with E-state index in [1.165, 1.54) is 16.8 Å². The Morgan fingerprint density at radius 1 is 1.04 bits per heavy atom. The Bertz CT molecular complexity index is 866. The van der Waals surface area contributed by atoms with Crippen molar-refractivity contribution in [3.63, 3.8) is 0 Å². The maximum Gasteiger partial charge on any atom is 0.280 e. The Balaban J connectivity index is 1.94. The molecule has 0 saturated heterocycles. The predicted octanol–water partition coefficient (Wildman–Crippen LogP) is 4.49. The summed E-state index contributed by atoms with van der Waals surface area (Å²) in [7, 11) is 1.62. The largest absolute Gasteiger partial charge is 0.280 e. The molecule has 1 aliphatic heterocycles. The first-order valence-electron chi connectivity index (χ1n) is 7.23. The van der Waals surface area contributed by atoms with Crippen molar-refractivity contribution < 1.29 is 9.59 Å². The van der Waals surface area contributed by atoms with Crippen LogP contribution in [0, 0.1) is 0 Å². The number of halogens is 2. The van der Waals surface area contributed by atoms with Gasteiger partial charge in [0.25, 0.3) is 11.8 Å². The molecule has 0 aromatic heterocycles. The highest BCUT2D eigenvalue weighted by Gasteiger charge is 2.39. The molecule has 25 heavy (non-hydrogen) atoms. The smallest absolute Gasteiger partial charge is 0.267 e. The van der Waals surface area contributed by atoms with Gasteiger partial charge in [-0.3, -0.25) is 14.6 Å². The second-order valence-corrected chi connectivity index (χ2v) is 6.78. The molecule has 0 saturated carbocycles. The summed E-state index contributed by atoms with van der Waals surface area (Å²) in [5.41, 5.74) is 1.34. The van der Waals surface area contributed by atoms with Gasteiger partial charge in [0.2, 0.25) is 0 Å². The molecule has 5 nitrogen and oxygen atoms in total. The molecule has 0 fully saturated rings. The maximum absolute atomic E-state index is 12.6. The zero-order valence-electron chi connectivity index (χ0n) is 13.4. The van der Waals surface area contributed by atoms with Crippen LogP contribution < -0.4 is 0 Å². The van der Waals surface area contributed by atoms with Gasteiger partial charge >= 0.3 is 0 Å². The molecule has 0 unspecified atom stereocenters. The van der Waals surface area contributed by atoms with Crippen molar-refractivity contribution in [2.24, 2.45) is 4.99 Å². The van der Waals surface area contributed by atoms with Crippen molar-refractivity contribution in [3.8, 4) is 0 Å². The summed E-state index contributed by atoms with van der Waals surface area (Å²) in [5.74, 6) is -0.752. The summed E-state index contributed by atoms with van der Waals surface area (Å²) >= 11 is 13.2. The summed E-state index contributed by atoms with van der Waals surface area (Å²) in [6, 6.07) is 11.7. The van der Waals surface area contributed by atoms with E-state index in [4.69, 9.17) is 23.2 Å². The van der Waals surface area contributed by atoms with Crippen LogP contribution in [0.5, 0.6) is 0 Å². The van der Waals surface area contributed by atoms with Crippen LogP contribution in [0.25, 0.3) is 0 Å². The highest BCUT2D eigenvalue weighted by Crippen LogP contribution is 2.29. The number of fused-ring (bicyclic) bond motifs is 1. The van der Waals surface area contributed by atoms with Crippen LogP contribution in [-0.2, 0) is 0 Å². The molecule has 0 spiro atoms. The quantitative estimate of drug-likeness (QED) is 0.428. The zero-order valence-corrected chi connectivity index (χ0v) is 15.7. The molecule has 3 rings (SSSR count). The Morgan fingerprint density at radius 3 is 2.16 bits per heavy atom. The van der Waals surface area contributed by atoms with Gasteiger partial charge in [0.15, 0.2) is 5.17 Å². The van der Waals surface area contributed by atoms with Crippen molar-refractivity contribution in [1.82, 2.24) is 10.0 Å². The fourth-order valence-corrected chi connectivity index (χ4v) is 3.28. The van der Waals surface area contributed by atoms with Gasteiger partial charge in [-0.25, -0.2) is 4.99 Å². The molecule has 2 aromatic carbocycles. The van der Waals surface area contributed by atoms with E-state index in [-0.39, 0.29) is 11.8 Å². The topological polar surface area (TPSA) is 53.0 Å². The Morgan fingerprint density at radius 2 is 1.64 bits per heavy atom. The Labute approximate surface area is 159 Å². The zero-order chi connectivity index (χ0) is 18.1. The Kier molecular flexibility index (Phi) is 5.03. The number of amides is 2. The molecule has 0 aliphatic carbocycles. The average molecular weight is 394 g/mol. The van der Waals surface area contributed by atoms with Gasteiger partial charge in [-0.2, -0.15) is 5.01 Å². The monoisotopic (exact) mass is 393 g/mol. The van der Waals surface area contributed by atoms with Crippen LogP contribution in [0.4, 0.5) is 5.69 Å². The Hall–Kier alpha value is -2.02. The van der Waals surface area contributed by atoms with Crippen LogP contribution >= 0.6 is 35.0 Å². The number of aliphatic imine (C=N–C) groups is 1. The first kappa shape index (κ1) is 17.8. The lowest BCUT2D eigenvalue weighted by Crippen LogP contribution is -2.46. The van der Waals surface area contributed by atoms with E-state index < -0.39 is 0 Å². The number of carbonyl (C=O) groups is 2. The van der Waals surface area contributed by atoms with Crippen LogP contribution in [0.15, 0.2) is 47.5 Å². The van der Waals surface area contributed by atoms with Crippen LogP contribution in [0.1, 0.15) is 20.7 Å². The van der Waals surface area contributed by atoms with E-state index in [0.29, 0.717) is 32.0 Å². The standard InChI is InChI=1S/C17H13Cl2N3O2S/c1-21(17(25-2)20-10-7-8-13(18)14(19)9-10)22-15(23)11-5-3-4-6-12(11)16(22)24/h3-9H,1-2H3. The molecule has 2 amide bonds. The van der Waals surface area contributed by atoms with Crippen molar-refractivity contribution in [2.45, 2.75) is 0 Å². The van der Waals surface area contributed by atoms with Crippen molar-refractivity contribution in [3.05, 3.63) is 63.6 Å². The van der Waals surface area contributed by atoms with E-state index >= 15 is 0 Å². The highest BCUT2D eigenvalue weighted by molar-refractivity contribution is 8.13. The van der Waals surface area contributed by atoms with Crippen molar-refractivity contribution in [2.75, 3.05) is 13.3 Å². The van der Waals surface area contributed by atoms with E-state index in [0.717, 1.165) is 5.01 Å². The fraction of sp³-hybridized carbons (Fsp3) is 0.118. The summed E-state index contributed by atoms with van der Waals surface area (Å²) in [6.45, 7) is 0. The van der Waals surface area contributed by atoms with Gasteiger partial charge in [-0.05, 0) is 36.6 Å². The van der Waals surface area contributed by atoms with Gasteiger partial charge in [0.05, 0.1) is 26.9 Å². The molecular formula is C17H13Cl2N3O2S. The van der Waals surface area contributed by atoms with Crippen LogP contribution in [0.2, 0.25) is 10.0 Å². The SMILES string of the molecule is CSC(=Nc1ccc(Cl)c(Cl)c1)N(C)N1C(=O)c2ccccc2C1=O. The third kappa shape index (κ3) is 3.25. The number of imide groups is 1. The molecular weight excluding hydrogens is 381 g/mol. The fourth-order valence-electron chi connectivity index (χ4n) is 2.45. The van der Waals surface area contributed by atoms with Gasteiger partial charge in [0.1, 0.15) is 0 Å². The summed E-state index contributed by atoms with van der Waals surface area (Å²) in [5, 5.41) is 3.80. The number of rotatable bonds is 2. The summed E-state index contributed by atoms with van der Waals surface area (Å²) in [4.78, 5) is 29.6. The minimum absolute atomic E-state index is 0.376. The molecule has 0 bridgehead atoms. The summed E-state index contributed by atoms with van der Waals surface area (Å²) in [6.07, 6.45) is 1.81. The maximum atomic E-state index is 12.6. The molecule has 8 heteroatoms. The van der Waals surface area contributed by atoms with E-state index in [9.17, 15) is 9.59 Å². The van der Waals surface area contributed by atoms with Gasteiger partial charge in [0, 0.05) is 7.05 Å². The van der Waals surface area contributed by atoms with Crippen LogP contribution in [0.3, 0.4) is 0 Å². The van der Waals surface area contributed by atoms with E-state index in [2.05, 4.69) is 4.99 Å².